The summed E-state index contributed by atoms with van der Waals surface area (Å²) in [5.74, 6) is 0.549. The number of methoxy groups -OCH3 is 1. The molecule has 2 rings (SSSR count). The average molecular weight is 341 g/mol. The van der Waals surface area contributed by atoms with E-state index in [1.807, 2.05) is 18.2 Å². The van der Waals surface area contributed by atoms with Crippen molar-refractivity contribution in [2.45, 2.75) is 0 Å². The van der Waals surface area contributed by atoms with Gasteiger partial charge in [-0.05, 0) is 18.2 Å². The number of hydrogen-bond acceptors (Lipinski definition) is 4. The average Bonchev–Trinajstić information content (AvgIpc) is 2.72. The molecular formula is C13H13BrN2O2S. The van der Waals surface area contributed by atoms with Crippen LogP contribution in [0.15, 0.2) is 29.3 Å². The number of amides is 1. The Hall–Kier alpha value is -1.53. The van der Waals surface area contributed by atoms with E-state index in [0.29, 0.717) is 21.6 Å². The molecule has 100 valence electrons. The minimum Gasteiger partial charge on any atom is -0.497 e. The Morgan fingerprint density at radius 1 is 1.58 bits per heavy atom. The number of hydrogen-bond donors (Lipinski definition) is 2. The lowest BCUT2D eigenvalue weighted by Gasteiger charge is -2.02. The molecule has 19 heavy (non-hydrogen) atoms. The molecule has 0 bridgehead atoms. The number of nitrogen functional groups attached to an aromatic ring is 1. The van der Waals surface area contributed by atoms with Gasteiger partial charge in [0.15, 0.2) is 0 Å². The van der Waals surface area contributed by atoms with Crippen LogP contribution >= 0.6 is 27.3 Å². The van der Waals surface area contributed by atoms with Crippen LogP contribution in [-0.4, -0.2) is 19.6 Å². The molecule has 2 aromatic rings. The highest BCUT2D eigenvalue weighted by Gasteiger charge is 2.16. The van der Waals surface area contributed by atoms with Gasteiger partial charge in [-0.15, -0.1) is 11.3 Å². The molecule has 0 unspecified atom stereocenters. The number of thiophene rings is 1. The van der Waals surface area contributed by atoms with E-state index in [-0.39, 0.29) is 5.91 Å². The number of carbonyl (C=O) groups is 1. The molecule has 0 radical (unpaired) electrons. The van der Waals surface area contributed by atoms with Gasteiger partial charge in [0.2, 0.25) is 0 Å². The van der Waals surface area contributed by atoms with E-state index in [4.69, 9.17) is 10.5 Å². The third-order valence-electron chi connectivity index (χ3n) is 2.58. The van der Waals surface area contributed by atoms with Crippen molar-refractivity contribution in [3.63, 3.8) is 0 Å². The second kappa shape index (κ2) is 5.63. The minimum absolute atomic E-state index is 0.196. The molecule has 0 saturated heterocycles. The predicted molar refractivity (Wildman–Crippen MR) is 83.2 cm³/mol. The monoisotopic (exact) mass is 340 g/mol. The Labute approximate surface area is 123 Å². The third-order valence-corrected chi connectivity index (χ3v) is 4.03. The maximum atomic E-state index is 12.0. The van der Waals surface area contributed by atoms with Crippen molar-refractivity contribution in [3.05, 3.63) is 34.1 Å². The fourth-order valence-corrected chi connectivity index (χ4v) is 2.86. The zero-order chi connectivity index (χ0) is 14.0. The summed E-state index contributed by atoms with van der Waals surface area (Å²) in [7, 11) is 1.60. The normalized spacial score (nSPS) is 10.4. The first-order valence-corrected chi connectivity index (χ1v) is 7.11. The van der Waals surface area contributed by atoms with E-state index in [9.17, 15) is 4.79 Å². The second-order valence-corrected chi connectivity index (χ2v) is 6.08. The Kier molecular flexibility index (Phi) is 4.11. The summed E-state index contributed by atoms with van der Waals surface area (Å²) in [5, 5.41) is 3.61. The number of halogens is 1. The molecule has 0 atom stereocenters. The summed E-state index contributed by atoms with van der Waals surface area (Å²) in [6.07, 6.45) is 0. The molecule has 1 aromatic heterocycles. The van der Waals surface area contributed by atoms with Crippen molar-refractivity contribution < 1.29 is 9.53 Å². The Morgan fingerprint density at radius 2 is 2.32 bits per heavy atom. The Morgan fingerprint density at radius 3 is 2.95 bits per heavy atom. The van der Waals surface area contributed by atoms with Gasteiger partial charge in [-0.1, -0.05) is 22.5 Å². The summed E-state index contributed by atoms with van der Waals surface area (Å²) >= 11 is 4.55. The lowest BCUT2D eigenvalue weighted by atomic mass is 10.2. The standard InChI is InChI=1S/C13H13BrN2O2S/c1-7(14)6-16-13(17)12-11(15)9-4-3-8(18-2)5-10(9)19-12/h3-5H,1,6,15H2,2H3,(H,16,17). The SMILES string of the molecule is C=C(Br)CNC(=O)c1sc2cc(OC)ccc2c1N. The van der Waals surface area contributed by atoms with Crippen molar-refractivity contribution >= 4 is 48.9 Å². The number of anilines is 1. The van der Waals surface area contributed by atoms with Gasteiger partial charge < -0.3 is 15.8 Å². The highest BCUT2D eigenvalue weighted by molar-refractivity contribution is 9.11. The smallest absolute Gasteiger partial charge is 0.263 e. The maximum Gasteiger partial charge on any atom is 0.263 e. The molecule has 1 heterocycles. The lowest BCUT2D eigenvalue weighted by Crippen LogP contribution is -2.24. The fourth-order valence-electron chi connectivity index (χ4n) is 1.65. The first-order chi connectivity index (χ1) is 9.02. The van der Waals surface area contributed by atoms with Gasteiger partial charge in [0.1, 0.15) is 10.6 Å². The number of fused-ring (bicyclic) bond motifs is 1. The van der Waals surface area contributed by atoms with Crippen LogP contribution in [0.1, 0.15) is 9.67 Å². The summed E-state index contributed by atoms with van der Waals surface area (Å²) in [5.41, 5.74) is 6.51. The van der Waals surface area contributed by atoms with E-state index >= 15 is 0 Å². The van der Waals surface area contributed by atoms with Crippen LogP contribution in [-0.2, 0) is 0 Å². The highest BCUT2D eigenvalue weighted by atomic mass is 79.9. The van der Waals surface area contributed by atoms with Crippen molar-refractivity contribution in [1.82, 2.24) is 5.32 Å². The van der Waals surface area contributed by atoms with Gasteiger partial charge in [0.05, 0.1) is 12.8 Å². The van der Waals surface area contributed by atoms with Crippen LogP contribution in [0.2, 0.25) is 0 Å². The topological polar surface area (TPSA) is 64.3 Å². The van der Waals surface area contributed by atoms with E-state index in [1.54, 1.807) is 7.11 Å². The quantitative estimate of drug-likeness (QED) is 0.898. The Balaban J connectivity index is 2.36. The van der Waals surface area contributed by atoms with Crippen LogP contribution in [0, 0.1) is 0 Å². The third kappa shape index (κ3) is 2.90. The highest BCUT2D eigenvalue weighted by Crippen LogP contribution is 2.35. The van der Waals surface area contributed by atoms with Crippen LogP contribution < -0.4 is 15.8 Å². The summed E-state index contributed by atoms with van der Waals surface area (Å²) in [4.78, 5) is 12.5. The zero-order valence-corrected chi connectivity index (χ0v) is 12.7. The van der Waals surface area contributed by atoms with E-state index in [0.717, 1.165) is 15.8 Å². The predicted octanol–water partition coefficient (Wildman–Crippen LogP) is 3.13. The van der Waals surface area contributed by atoms with Crippen LogP contribution in [0.5, 0.6) is 5.75 Å². The molecule has 0 aliphatic carbocycles. The largest absolute Gasteiger partial charge is 0.497 e. The van der Waals surface area contributed by atoms with E-state index in [2.05, 4.69) is 27.8 Å². The number of rotatable bonds is 4. The van der Waals surface area contributed by atoms with Gasteiger partial charge in [-0.3, -0.25) is 4.79 Å². The van der Waals surface area contributed by atoms with E-state index in [1.165, 1.54) is 11.3 Å². The summed E-state index contributed by atoms with van der Waals surface area (Å²) in [6.45, 7) is 4.04. The first-order valence-electron chi connectivity index (χ1n) is 5.50. The molecule has 1 aromatic carbocycles. The van der Waals surface area contributed by atoms with Crippen molar-refractivity contribution in [1.29, 1.82) is 0 Å². The molecule has 0 aliphatic rings. The molecule has 0 saturated carbocycles. The van der Waals surface area contributed by atoms with Crippen molar-refractivity contribution in [3.8, 4) is 5.75 Å². The van der Waals surface area contributed by atoms with E-state index < -0.39 is 0 Å². The zero-order valence-electron chi connectivity index (χ0n) is 10.3. The first kappa shape index (κ1) is 13.9. The molecule has 4 nitrogen and oxygen atoms in total. The van der Waals surface area contributed by atoms with Gasteiger partial charge >= 0.3 is 0 Å². The molecular weight excluding hydrogens is 328 g/mol. The van der Waals surface area contributed by atoms with Gasteiger partial charge in [-0.25, -0.2) is 0 Å². The minimum atomic E-state index is -0.196. The maximum absolute atomic E-state index is 12.0. The fraction of sp³-hybridized carbons (Fsp3) is 0.154. The molecule has 0 fully saturated rings. The number of nitrogens with one attached hydrogen (secondary N) is 1. The number of carbonyl (C=O) groups excluding carboxylic acids is 1. The number of nitrogens with two attached hydrogens (primary N) is 1. The van der Waals surface area contributed by atoms with Gasteiger partial charge in [0, 0.05) is 21.1 Å². The molecule has 6 heteroatoms. The van der Waals surface area contributed by atoms with Crippen LogP contribution in [0.3, 0.4) is 0 Å². The Bertz CT molecular complexity index is 651. The molecule has 0 spiro atoms. The van der Waals surface area contributed by atoms with Gasteiger partial charge in [-0.2, -0.15) is 0 Å². The molecule has 3 N–H and O–H groups in total. The van der Waals surface area contributed by atoms with Crippen molar-refractivity contribution in [2.24, 2.45) is 0 Å². The number of benzene rings is 1. The lowest BCUT2D eigenvalue weighted by molar-refractivity contribution is 0.0962. The summed E-state index contributed by atoms with van der Waals surface area (Å²) < 4.78 is 6.80. The van der Waals surface area contributed by atoms with Crippen LogP contribution in [0.4, 0.5) is 5.69 Å². The second-order valence-electron chi connectivity index (χ2n) is 3.91. The van der Waals surface area contributed by atoms with Gasteiger partial charge in [0.25, 0.3) is 5.91 Å². The molecule has 1 amide bonds. The summed E-state index contributed by atoms with van der Waals surface area (Å²) in [6, 6.07) is 5.56. The van der Waals surface area contributed by atoms with Crippen molar-refractivity contribution in [2.75, 3.05) is 19.4 Å². The molecule has 0 aliphatic heterocycles. The van der Waals surface area contributed by atoms with Crippen LogP contribution in [0.25, 0.3) is 10.1 Å². The number of ether oxygens (including phenoxy) is 1.